The van der Waals surface area contributed by atoms with E-state index in [9.17, 15) is 0 Å². The molecule has 45 heavy (non-hydrogen) atoms. The van der Waals surface area contributed by atoms with Crippen molar-refractivity contribution in [3.05, 3.63) is 92.7 Å². The van der Waals surface area contributed by atoms with Crippen molar-refractivity contribution in [1.82, 2.24) is 0 Å². The molecule has 2 spiro atoms. The number of rotatable bonds is 5. The summed E-state index contributed by atoms with van der Waals surface area (Å²) in [4.78, 5) is 2.44. The molecule has 0 atom stereocenters. The molecule has 0 radical (unpaired) electrons. The van der Waals surface area contributed by atoms with Crippen molar-refractivity contribution in [3.63, 3.8) is 0 Å². The third-order valence-corrected chi connectivity index (χ3v) is 12.2. The first-order valence-electron chi connectivity index (χ1n) is 17.0. The van der Waals surface area contributed by atoms with Gasteiger partial charge in [0, 0.05) is 46.1 Å². The van der Waals surface area contributed by atoms with E-state index >= 15 is 0 Å². The highest BCUT2D eigenvalue weighted by Crippen LogP contribution is 2.58. The second kappa shape index (κ2) is 11.5. The molecule has 236 valence electrons. The van der Waals surface area contributed by atoms with Crippen LogP contribution in [0.5, 0.6) is 11.5 Å². The number of hydrogen-bond acceptors (Lipinski definition) is 3. The second-order valence-corrected chi connectivity index (χ2v) is 14.4. The summed E-state index contributed by atoms with van der Waals surface area (Å²) in [6.45, 7) is 4.43. The van der Waals surface area contributed by atoms with Gasteiger partial charge in [0.1, 0.15) is 18.5 Å². The zero-order valence-electron chi connectivity index (χ0n) is 28.0. The number of methoxy groups -OCH3 is 2. The van der Waals surface area contributed by atoms with Gasteiger partial charge < -0.3 is 14.4 Å². The maximum atomic E-state index is 7.26. The van der Waals surface area contributed by atoms with Gasteiger partial charge >= 0.3 is 0 Å². The van der Waals surface area contributed by atoms with Crippen LogP contribution in [0.3, 0.4) is 0 Å². The van der Waals surface area contributed by atoms with E-state index in [0.717, 1.165) is 35.8 Å². The molecule has 3 aliphatic carbocycles. The highest BCUT2D eigenvalue weighted by molar-refractivity contribution is 6.32. The number of halogens is 1. The number of fused-ring (bicyclic) bond motifs is 4. The number of ether oxygens (including phenoxy) is 2. The lowest BCUT2D eigenvalue weighted by molar-refractivity contribution is -0.402. The molecule has 2 aliphatic heterocycles. The van der Waals surface area contributed by atoms with Crippen LogP contribution in [-0.2, 0) is 10.8 Å². The molecule has 2 aromatic carbocycles. The third-order valence-electron chi connectivity index (χ3n) is 11.7. The quantitative estimate of drug-likeness (QED) is 0.310. The van der Waals surface area contributed by atoms with Gasteiger partial charge in [-0.1, -0.05) is 49.4 Å². The summed E-state index contributed by atoms with van der Waals surface area (Å²) < 4.78 is 13.9. The highest BCUT2D eigenvalue weighted by Gasteiger charge is 2.52. The lowest BCUT2D eigenvalue weighted by Crippen LogP contribution is -2.30. The first-order chi connectivity index (χ1) is 21.7. The lowest BCUT2D eigenvalue weighted by Gasteiger charge is -2.28. The van der Waals surface area contributed by atoms with E-state index in [4.69, 9.17) is 21.1 Å². The number of allylic oxidation sites excluding steroid dienone is 8. The van der Waals surface area contributed by atoms with Gasteiger partial charge in [0.25, 0.3) is 0 Å². The van der Waals surface area contributed by atoms with E-state index in [-0.39, 0.29) is 10.8 Å². The molecule has 0 saturated heterocycles. The molecule has 0 unspecified atom stereocenters. The number of aryl methyl sites for hydroxylation is 2. The molecule has 0 bridgehead atoms. The van der Waals surface area contributed by atoms with Crippen LogP contribution in [0.4, 0.5) is 11.4 Å². The van der Waals surface area contributed by atoms with Gasteiger partial charge in [-0.05, 0) is 111 Å². The molecular weight excluding hydrogens is 576 g/mol. The maximum absolute atomic E-state index is 7.26. The number of hydrogen-bond donors (Lipinski definition) is 0. The Morgan fingerprint density at radius 3 is 2.07 bits per heavy atom. The van der Waals surface area contributed by atoms with Gasteiger partial charge in [0.2, 0.25) is 5.69 Å². The molecule has 0 amide bonds. The second-order valence-electron chi connectivity index (χ2n) is 14.0. The summed E-state index contributed by atoms with van der Waals surface area (Å²) in [6, 6.07) is 8.92. The average Bonchev–Trinajstić information content (AvgIpc) is 3.81. The van der Waals surface area contributed by atoms with E-state index in [1.54, 1.807) is 14.2 Å². The third kappa shape index (κ3) is 4.65. The lowest BCUT2D eigenvalue weighted by atomic mass is 9.75. The van der Waals surface area contributed by atoms with Gasteiger partial charge in [-0.2, -0.15) is 4.58 Å². The average molecular weight is 624 g/mol. The van der Waals surface area contributed by atoms with Crippen LogP contribution < -0.4 is 14.4 Å². The summed E-state index contributed by atoms with van der Waals surface area (Å²) >= 11 is 7.26. The van der Waals surface area contributed by atoms with Crippen molar-refractivity contribution in [1.29, 1.82) is 0 Å². The van der Waals surface area contributed by atoms with Gasteiger partial charge in [-0.3, -0.25) is 0 Å². The molecule has 0 aromatic heterocycles. The van der Waals surface area contributed by atoms with Crippen LogP contribution in [0.15, 0.2) is 70.4 Å². The molecule has 5 aliphatic rings. The molecule has 2 heterocycles. The van der Waals surface area contributed by atoms with Crippen molar-refractivity contribution < 1.29 is 14.0 Å². The van der Waals surface area contributed by atoms with E-state index in [2.05, 4.69) is 86.0 Å². The number of likely N-dealkylation sites (N-methyl/N-ethyl adjacent to an activating group) is 1. The van der Waals surface area contributed by atoms with Crippen molar-refractivity contribution in [2.24, 2.45) is 0 Å². The highest BCUT2D eigenvalue weighted by atomic mass is 35.5. The molecule has 5 heteroatoms. The number of benzene rings is 2. The number of anilines is 1. The standard InChI is InChI=1S/C40H48ClN2O2/c1-26-22-30(44-5)24-32-37(26)42(3)34(39(32)18-7-8-19-39)16-14-28-12-11-13-29(36(28)41)15-17-35-40(20-9-10-21-40)33-25-31(45-6)23-27(2)38(33)43(35)4/h14-17,22-25H,7-13,18-21H2,1-6H3/q+1. The molecule has 2 fully saturated rings. The maximum Gasteiger partial charge on any atom is 0.212 e. The molecule has 0 N–H and O–H groups in total. The van der Waals surface area contributed by atoms with Crippen LogP contribution in [0.25, 0.3) is 0 Å². The Bertz CT molecular complexity index is 1710. The summed E-state index contributed by atoms with van der Waals surface area (Å²) in [5.41, 5.74) is 13.6. The monoisotopic (exact) mass is 623 g/mol. The van der Waals surface area contributed by atoms with E-state index in [0.29, 0.717) is 0 Å². The largest absolute Gasteiger partial charge is 0.497 e. The molecule has 4 nitrogen and oxygen atoms in total. The molecule has 2 aromatic rings. The van der Waals surface area contributed by atoms with Crippen molar-refractivity contribution in [2.75, 3.05) is 33.2 Å². The van der Waals surface area contributed by atoms with Gasteiger partial charge in [-0.25, -0.2) is 0 Å². The van der Waals surface area contributed by atoms with Crippen LogP contribution in [-0.4, -0.2) is 38.6 Å². The Balaban J connectivity index is 1.24. The zero-order chi connectivity index (χ0) is 31.5. The Morgan fingerprint density at radius 2 is 1.40 bits per heavy atom. The number of nitrogens with zero attached hydrogens (tertiary/aromatic N) is 2. The fourth-order valence-corrected chi connectivity index (χ4v) is 9.94. The summed E-state index contributed by atoms with van der Waals surface area (Å²) in [5.74, 6) is 1.92. The topological polar surface area (TPSA) is 24.7 Å². The Morgan fingerprint density at radius 1 is 0.778 bits per heavy atom. The minimum Gasteiger partial charge on any atom is -0.497 e. The van der Waals surface area contributed by atoms with Crippen molar-refractivity contribution in [2.45, 2.75) is 95.3 Å². The van der Waals surface area contributed by atoms with Crippen LogP contribution in [0, 0.1) is 13.8 Å². The van der Waals surface area contributed by atoms with E-state index in [1.165, 1.54) is 108 Å². The SMILES string of the molecule is COc1cc(C)c2c(c1)C1(CCCC1)C(/C=C/C1=C(Cl)C(=C/C=C3\N(C)c4c(C)cc(OC)cc4C34CCCC4)/CCC1)=[N+]2C. The minimum absolute atomic E-state index is 0.0587. The van der Waals surface area contributed by atoms with Crippen LogP contribution >= 0.6 is 11.6 Å². The van der Waals surface area contributed by atoms with E-state index in [1.807, 2.05) is 0 Å². The predicted octanol–water partition coefficient (Wildman–Crippen LogP) is 9.87. The fourth-order valence-electron chi connectivity index (χ4n) is 9.63. The Hall–Kier alpha value is -3.24. The first kappa shape index (κ1) is 30.4. The zero-order valence-corrected chi connectivity index (χ0v) is 28.7. The summed E-state index contributed by atoms with van der Waals surface area (Å²) in [7, 11) is 8.04. The van der Waals surface area contributed by atoms with E-state index < -0.39 is 0 Å². The Labute approximate surface area is 274 Å². The molecular formula is C40H48ClN2O2+. The Kier molecular flexibility index (Phi) is 7.79. The summed E-state index contributed by atoms with van der Waals surface area (Å²) in [5, 5.41) is 0.933. The molecule has 7 rings (SSSR count). The normalized spacial score (nSPS) is 23.5. The van der Waals surface area contributed by atoms with Gasteiger partial charge in [0.05, 0.1) is 19.6 Å². The van der Waals surface area contributed by atoms with Crippen molar-refractivity contribution in [3.8, 4) is 11.5 Å². The fraction of sp³-hybridized carbons (Fsp3) is 0.475. The smallest absolute Gasteiger partial charge is 0.212 e. The van der Waals surface area contributed by atoms with Crippen LogP contribution in [0.2, 0.25) is 0 Å². The van der Waals surface area contributed by atoms with Crippen LogP contribution in [0.1, 0.15) is 92.9 Å². The minimum atomic E-state index is 0.0587. The summed E-state index contributed by atoms with van der Waals surface area (Å²) in [6.07, 6.45) is 22.4. The van der Waals surface area contributed by atoms with Gasteiger partial charge in [0.15, 0.2) is 5.71 Å². The van der Waals surface area contributed by atoms with Crippen molar-refractivity contribution >= 4 is 28.7 Å². The van der Waals surface area contributed by atoms with Gasteiger partial charge in [-0.15, -0.1) is 0 Å². The first-order valence-corrected chi connectivity index (χ1v) is 17.3. The predicted molar refractivity (Wildman–Crippen MR) is 187 cm³/mol. The molecule has 2 saturated carbocycles.